The summed E-state index contributed by atoms with van der Waals surface area (Å²) in [5.41, 5.74) is 2.77. The molecule has 0 saturated heterocycles. The van der Waals surface area contributed by atoms with Gasteiger partial charge in [-0.05, 0) is 49.5 Å². The lowest BCUT2D eigenvalue weighted by Crippen LogP contribution is -2.30. The van der Waals surface area contributed by atoms with E-state index in [9.17, 15) is 4.79 Å². The Bertz CT molecular complexity index is 1250. The van der Waals surface area contributed by atoms with Crippen LogP contribution in [0.25, 0.3) is 16.6 Å². The third kappa shape index (κ3) is 3.71. The number of nitrogens with zero attached hydrogens (tertiary/aromatic N) is 4. The highest BCUT2D eigenvalue weighted by molar-refractivity contribution is 5.83. The van der Waals surface area contributed by atoms with Gasteiger partial charge in [-0.1, -0.05) is 19.9 Å². The predicted octanol–water partition coefficient (Wildman–Crippen LogP) is 3.84. The van der Waals surface area contributed by atoms with E-state index in [4.69, 9.17) is 9.72 Å². The lowest BCUT2D eigenvalue weighted by atomic mass is 10.2. The molecule has 0 unspecified atom stereocenters. The molecular formula is C23H25N5O2. The summed E-state index contributed by atoms with van der Waals surface area (Å²) >= 11 is 0. The van der Waals surface area contributed by atoms with Crippen LogP contribution in [0.5, 0.6) is 5.75 Å². The zero-order chi connectivity index (χ0) is 21.1. The molecule has 1 aromatic carbocycles. The molecule has 7 nitrogen and oxygen atoms in total. The van der Waals surface area contributed by atoms with Gasteiger partial charge >= 0.3 is 0 Å². The first-order valence-electron chi connectivity index (χ1n) is 10.1. The van der Waals surface area contributed by atoms with Gasteiger partial charge in [0.25, 0.3) is 5.56 Å². The van der Waals surface area contributed by atoms with Crippen LogP contribution in [0.2, 0.25) is 0 Å². The van der Waals surface area contributed by atoms with Crippen LogP contribution in [0, 0.1) is 0 Å². The Morgan fingerprint density at radius 2 is 1.97 bits per heavy atom. The molecule has 30 heavy (non-hydrogen) atoms. The molecule has 0 spiro atoms. The number of nitrogens with one attached hydrogen (secondary N) is 1. The van der Waals surface area contributed by atoms with Crippen molar-refractivity contribution in [1.82, 2.24) is 19.3 Å². The number of rotatable bonds is 7. The molecule has 154 valence electrons. The van der Waals surface area contributed by atoms with Crippen molar-refractivity contribution in [3.63, 3.8) is 0 Å². The maximum atomic E-state index is 13.4. The topological polar surface area (TPSA) is 71.8 Å². The average molecular weight is 403 g/mol. The van der Waals surface area contributed by atoms with Crippen LogP contribution in [0.3, 0.4) is 0 Å². The molecule has 0 radical (unpaired) electrons. The van der Waals surface area contributed by atoms with Crippen molar-refractivity contribution in [2.45, 2.75) is 20.4 Å². The van der Waals surface area contributed by atoms with Gasteiger partial charge in [-0.2, -0.15) is 0 Å². The molecule has 0 fully saturated rings. The summed E-state index contributed by atoms with van der Waals surface area (Å²) in [6.45, 7) is 6.37. The first-order chi connectivity index (χ1) is 14.6. The first-order valence-corrected chi connectivity index (χ1v) is 10.1. The second kappa shape index (κ2) is 8.51. The molecule has 0 atom stereocenters. The van der Waals surface area contributed by atoms with Crippen LogP contribution < -0.4 is 15.6 Å². The molecule has 3 aromatic heterocycles. The number of hydrogen-bond acceptors (Lipinski definition) is 6. The van der Waals surface area contributed by atoms with Gasteiger partial charge in [0.1, 0.15) is 5.82 Å². The number of ether oxygens (including phenoxy) is 1. The van der Waals surface area contributed by atoms with Crippen LogP contribution in [-0.2, 0) is 6.54 Å². The normalized spacial score (nSPS) is 11.3. The first kappa shape index (κ1) is 19.8. The smallest absolute Gasteiger partial charge is 0.264 e. The summed E-state index contributed by atoms with van der Waals surface area (Å²) in [4.78, 5) is 24.7. The van der Waals surface area contributed by atoms with Gasteiger partial charge in [-0.15, -0.1) is 0 Å². The fraction of sp³-hybridized carbons (Fsp3) is 0.261. The summed E-state index contributed by atoms with van der Waals surface area (Å²) in [7, 11) is 1.58. The Balaban J connectivity index is 1.87. The Morgan fingerprint density at radius 3 is 2.73 bits per heavy atom. The van der Waals surface area contributed by atoms with Crippen molar-refractivity contribution >= 4 is 28.1 Å². The number of fused-ring (bicyclic) bond motifs is 2. The van der Waals surface area contributed by atoms with E-state index in [1.807, 2.05) is 30.3 Å². The minimum atomic E-state index is -0.101. The zero-order valence-corrected chi connectivity index (χ0v) is 17.4. The van der Waals surface area contributed by atoms with Gasteiger partial charge in [-0.25, -0.2) is 4.98 Å². The Kier molecular flexibility index (Phi) is 5.63. The molecule has 0 aliphatic rings. The molecule has 7 heteroatoms. The maximum Gasteiger partial charge on any atom is 0.264 e. The molecule has 1 N–H and O–H groups in total. The number of hydrogen-bond donors (Lipinski definition) is 1. The Morgan fingerprint density at radius 1 is 1.13 bits per heavy atom. The van der Waals surface area contributed by atoms with Crippen molar-refractivity contribution in [2.75, 3.05) is 25.5 Å². The molecule has 4 aromatic rings. The minimum absolute atomic E-state index is 0.101. The molecule has 0 aliphatic heterocycles. The van der Waals surface area contributed by atoms with Crippen LogP contribution in [0.15, 0.2) is 59.7 Å². The summed E-state index contributed by atoms with van der Waals surface area (Å²) in [5.74, 6) is 1.09. The van der Waals surface area contributed by atoms with E-state index >= 15 is 0 Å². The maximum absolute atomic E-state index is 13.4. The number of pyridine rings is 2. The van der Waals surface area contributed by atoms with Gasteiger partial charge in [0.15, 0.2) is 11.4 Å². The van der Waals surface area contributed by atoms with Crippen molar-refractivity contribution in [3.8, 4) is 5.75 Å². The monoisotopic (exact) mass is 403 g/mol. The van der Waals surface area contributed by atoms with Gasteiger partial charge in [0, 0.05) is 30.0 Å². The van der Waals surface area contributed by atoms with Crippen LogP contribution in [0.1, 0.15) is 19.4 Å². The SMILES string of the molecule is CCN(CC)Cc1c(Nc2ccc3ncccc3c2)nc2c(OC)cccn2c1=O. The number of anilines is 2. The Labute approximate surface area is 175 Å². The van der Waals surface area contributed by atoms with E-state index in [1.54, 1.807) is 36.0 Å². The van der Waals surface area contributed by atoms with E-state index in [0.717, 1.165) is 29.7 Å². The van der Waals surface area contributed by atoms with Gasteiger partial charge in [0.05, 0.1) is 18.2 Å². The molecule has 0 amide bonds. The molecule has 0 saturated carbocycles. The minimum Gasteiger partial charge on any atom is -0.493 e. The van der Waals surface area contributed by atoms with Crippen molar-refractivity contribution < 1.29 is 4.74 Å². The van der Waals surface area contributed by atoms with E-state index in [2.05, 4.69) is 29.0 Å². The van der Waals surface area contributed by atoms with Crippen LogP contribution >= 0.6 is 0 Å². The van der Waals surface area contributed by atoms with Gasteiger partial charge in [-0.3, -0.25) is 19.1 Å². The summed E-state index contributed by atoms with van der Waals surface area (Å²) < 4.78 is 6.99. The van der Waals surface area contributed by atoms with E-state index in [-0.39, 0.29) is 5.56 Å². The zero-order valence-electron chi connectivity index (χ0n) is 17.4. The van der Waals surface area contributed by atoms with Gasteiger partial charge < -0.3 is 10.1 Å². The highest BCUT2D eigenvalue weighted by Gasteiger charge is 2.17. The molecule has 4 rings (SSSR count). The largest absolute Gasteiger partial charge is 0.493 e. The van der Waals surface area contributed by atoms with Crippen LogP contribution in [-0.4, -0.2) is 39.5 Å². The average Bonchev–Trinajstić information content (AvgIpc) is 2.78. The molecular weight excluding hydrogens is 378 g/mol. The fourth-order valence-corrected chi connectivity index (χ4v) is 3.54. The Hall–Kier alpha value is -3.45. The molecule has 0 aliphatic carbocycles. The predicted molar refractivity (Wildman–Crippen MR) is 120 cm³/mol. The highest BCUT2D eigenvalue weighted by atomic mass is 16.5. The third-order valence-electron chi connectivity index (χ3n) is 5.27. The van der Waals surface area contributed by atoms with Gasteiger partial charge in [0.2, 0.25) is 0 Å². The standard InChI is InChI=1S/C23H25N5O2/c1-4-27(5-2)15-18-21(25-17-10-11-19-16(14-17)8-6-12-24-19)26-22-20(30-3)9-7-13-28(22)23(18)29/h6-14,25H,4-5,15H2,1-3H3. The van der Waals surface area contributed by atoms with Crippen LogP contribution in [0.4, 0.5) is 11.5 Å². The number of methoxy groups -OCH3 is 1. The van der Waals surface area contributed by atoms with Crippen molar-refractivity contribution in [2.24, 2.45) is 0 Å². The lowest BCUT2D eigenvalue weighted by Gasteiger charge is -2.20. The lowest BCUT2D eigenvalue weighted by molar-refractivity contribution is 0.294. The summed E-state index contributed by atoms with van der Waals surface area (Å²) in [5, 5.41) is 4.38. The fourth-order valence-electron chi connectivity index (χ4n) is 3.54. The molecule has 0 bridgehead atoms. The van der Waals surface area contributed by atoms with E-state index in [0.29, 0.717) is 29.3 Å². The number of aromatic nitrogens is 3. The summed E-state index contributed by atoms with van der Waals surface area (Å²) in [6.07, 6.45) is 3.50. The highest BCUT2D eigenvalue weighted by Crippen LogP contribution is 2.25. The van der Waals surface area contributed by atoms with Crippen molar-refractivity contribution in [3.05, 3.63) is 70.8 Å². The second-order valence-electron chi connectivity index (χ2n) is 7.01. The second-order valence-corrected chi connectivity index (χ2v) is 7.01. The van der Waals surface area contributed by atoms with E-state index < -0.39 is 0 Å². The number of benzene rings is 1. The molecule has 3 heterocycles. The van der Waals surface area contributed by atoms with Crippen molar-refractivity contribution in [1.29, 1.82) is 0 Å². The summed E-state index contributed by atoms with van der Waals surface area (Å²) in [6, 6.07) is 13.4. The third-order valence-corrected chi connectivity index (χ3v) is 5.27. The van der Waals surface area contributed by atoms with E-state index in [1.165, 1.54) is 0 Å². The quantitative estimate of drug-likeness (QED) is 0.506.